The Kier molecular flexibility index (Phi) is 10.1. The molecule has 0 amide bonds. The highest BCUT2D eigenvalue weighted by Gasteiger charge is 2.54. The fourth-order valence-electron chi connectivity index (χ4n) is 3.11. The third-order valence-electron chi connectivity index (χ3n) is 5.13. The molecular formula is C22H34Cl2F3NO. The summed E-state index contributed by atoms with van der Waals surface area (Å²) in [6, 6.07) is 2.35. The number of hydrogen-bond acceptors (Lipinski definition) is 2. The van der Waals surface area contributed by atoms with Crippen LogP contribution in [0.4, 0.5) is 18.9 Å². The molecular weight excluding hydrogens is 422 g/mol. The van der Waals surface area contributed by atoms with E-state index in [2.05, 4.69) is 20.8 Å². The summed E-state index contributed by atoms with van der Waals surface area (Å²) in [4.78, 5) is 0. The Morgan fingerprint density at radius 1 is 0.828 bits per heavy atom. The maximum absolute atomic E-state index is 13.7. The van der Waals surface area contributed by atoms with E-state index in [1.165, 1.54) is 37.8 Å². The van der Waals surface area contributed by atoms with Crippen LogP contribution in [0, 0.1) is 5.41 Å². The van der Waals surface area contributed by atoms with Crippen LogP contribution in [-0.2, 0) is 10.3 Å². The molecule has 168 valence electrons. The van der Waals surface area contributed by atoms with Gasteiger partial charge in [-0.25, -0.2) is 0 Å². The van der Waals surface area contributed by atoms with Crippen LogP contribution in [-0.4, -0.2) is 12.8 Å². The Morgan fingerprint density at radius 2 is 1.28 bits per heavy atom. The SMILES string of the molecule is CC(C)(C)CCCCCCCCCO[C@](C)(c1cc(Cl)c(N)c(Cl)c1)C(F)(F)F. The van der Waals surface area contributed by atoms with E-state index in [0.717, 1.165) is 26.2 Å². The fraction of sp³-hybridized carbons (Fsp3) is 0.727. The minimum atomic E-state index is -4.61. The lowest BCUT2D eigenvalue weighted by molar-refractivity contribution is -0.278. The van der Waals surface area contributed by atoms with E-state index in [-0.39, 0.29) is 27.9 Å². The third kappa shape index (κ3) is 8.55. The van der Waals surface area contributed by atoms with Crippen molar-refractivity contribution in [2.45, 2.75) is 90.8 Å². The molecule has 0 aliphatic heterocycles. The van der Waals surface area contributed by atoms with Gasteiger partial charge in [0, 0.05) is 6.61 Å². The average Bonchev–Trinajstić information content (AvgIpc) is 2.58. The number of unbranched alkanes of at least 4 members (excludes halogenated alkanes) is 6. The molecule has 0 aromatic heterocycles. The molecule has 0 saturated carbocycles. The number of rotatable bonds is 11. The molecule has 0 saturated heterocycles. The number of halogens is 5. The standard InChI is InChI=1S/C22H34Cl2F3NO/c1-20(2,3)12-10-8-6-5-7-9-11-13-29-21(4,22(25,26)27)16-14-17(23)19(28)18(24)15-16/h14-15H,5-13,28H2,1-4H3/t21-/m1/s1. The second-order valence-corrected chi connectivity index (χ2v) is 9.83. The van der Waals surface area contributed by atoms with E-state index < -0.39 is 11.8 Å². The first kappa shape index (κ1) is 26.4. The Bertz CT molecular complexity index is 621. The van der Waals surface area contributed by atoms with Gasteiger partial charge in [0.25, 0.3) is 0 Å². The summed E-state index contributed by atoms with van der Waals surface area (Å²) in [5, 5.41) is -0.0314. The normalized spacial score (nSPS) is 14.8. The Morgan fingerprint density at radius 3 is 1.72 bits per heavy atom. The van der Waals surface area contributed by atoms with Crippen LogP contribution in [0.5, 0.6) is 0 Å². The van der Waals surface area contributed by atoms with Gasteiger partial charge in [-0.3, -0.25) is 0 Å². The largest absolute Gasteiger partial charge is 0.421 e. The van der Waals surface area contributed by atoms with Gasteiger partial charge in [0.05, 0.1) is 15.7 Å². The molecule has 1 atom stereocenters. The lowest BCUT2D eigenvalue weighted by Gasteiger charge is -2.33. The molecule has 0 spiro atoms. The highest BCUT2D eigenvalue weighted by atomic mass is 35.5. The summed E-state index contributed by atoms with van der Waals surface area (Å²) < 4.78 is 46.6. The first-order valence-corrected chi connectivity index (χ1v) is 11.0. The van der Waals surface area contributed by atoms with Gasteiger partial charge >= 0.3 is 6.18 Å². The lowest BCUT2D eigenvalue weighted by atomic mass is 9.89. The predicted molar refractivity (Wildman–Crippen MR) is 117 cm³/mol. The maximum Gasteiger partial charge on any atom is 0.421 e. The number of hydrogen-bond donors (Lipinski definition) is 1. The van der Waals surface area contributed by atoms with Crippen LogP contribution in [0.15, 0.2) is 12.1 Å². The van der Waals surface area contributed by atoms with E-state index in [4.69, 9.17) is 33.7 Å². The van der Waals surface area contributed by atoms with E-state index in [1.807, 2.05) is 0 Å². The van der Waals surface area contributed by atoms with Crippen molar-refractivity contribution in [3.05, 3.63) is 27.7 Å². The van der Waals surface area contributed by atoms with Crippen molar-refractivity contribution in [1.29, 1.82) is 0 Å². The van der Waals surface area contributed by atoms with E-state index in [9.17, 15) is 13.2 Å². The fourth-order valence-corrected chi connectivity index (χ4v) is 3.59. The summed E-state index contributed by atoms with van der Waals surface area (Å²) in [6.07, 6.45) is 3.73. The highest BCUT2D eigenvalue weighted by molar-refractivity contribution is 6.38. The number of nitrogens with two attached hydrogens (primary N) is 1. The summed E-state index contributed by atoms with van der Waals surface area (Å²) >= 11 is 11.8. The van der Waals surface area contributed by atoms with E-state index in [1.54, 1.807) is 0 Å². The Labute approximate surface area is 183 Å². The number of alkyl halides is 3. The van der Waals surface area contributed by atoms with Gasteiger partial charge in [-0.2, -0.15) is 13.2 Å². The van der Waals surface area contributed by atoms with Gasteiger partial charge in [-0.05, 0) is 42.9 Å². The van der Waals surface area contributed by atoms with Crippen molar-refractivity contribution in [2.75, 3.05) is 12.3 Å². The van der Waals surface area contributed by atoms with Crippen LogP contribution < -0.4 is 5.73 Å². The van der Waals surface area contributed by atoms with Gasteiger partial charge in [0.15, 0.2) is 5.60 Å². The molecule has 0 fully saturated rings. The van der Waals surface area contributed by atoms with Gasteiger partial charge in [0.1, 0.15) is 0 Å². The monoisotopic (exact) mass is 455 g/mol. The molecule has 0 radical (unpaired) electrons. The van der Waals surface area contributed by atoms with Crippen molar-refractivity contribution < 1.29 is 17.9 Å². The van der Waals surface area contributed by atoms with Gasteiger partial charge in [-0.1, -0.05) is 82.5 Å². The van der Waals surface area contributed by atoms with Crippen LogP contribution in [0.25, 0.3) is 0 Å². The predicted octanol–water partition coefficient (Wildman–Crippen LogP) is 8.54. The number of nitrogen functional groups attached to an aromatic ring is 1. The molecule has 1 aromatic carbocycles. The van der Waals surface area contributed by atoms with Crippen molar-refractivity contribution in [1.82, 2.24) is 0 Å². The molecule has 7 heteroatoms. The van der Waals surface area contributed by atoms with Crippen LogP contribution in [0.2, 0.25) is 10.0 Å². The summed E-state index contributed by atoms with van der Waals surface area (Å²) in [5.74, 6) is 0. The minimum Gasteiger partial charge on any atom is -0.396 e. The molecule has 2 nitrogen and oxygen atoms in total. The smallest absolute Gasteiger partial charge is 0.396 e. The number of benzene rings is 1. The molecule has 1 rings (SSSR count). The van der Waals surface area contributed by atoms with Gasteiger partial charge in [0.2, 0.25) is 0 Å². The minimum absolute atomic E-state index is 0.0135. The van der Waals surface area contributed by atoms with E-state index in [0.29, 0.717) is 11.8 Å². The first-order valence-electron chi connectivity index (χ1n) is 10.2. The Balaban J connectivity index is 2.46. The van der Waals surface area contributed by atoms with Crippen molar-refractivity contribution >= 4 is 28.9 Å². The number of ether oxygens (including phenoxy) is 1. The second-order valence-electron chi connectivity index (χ2n) is 9.02. The zero-order chi connectivity index (χ0) is 22.3. The van der Waals surface area contributed by atoms with Gasteiger partial charge in [-0.15, -0.1) is 0 Å². The number of anilines is 1. The second kappa shape index (κ2) is 11.1. The third-order valence-corrected chi connectivity index (χ3v) is 5.76. The zero-order valence-corrected chi connectivity index (χ0v) is 19.4. The summed E-state index contributed by atoms with van der Waals surface area (Å²) in [7, 11) is 0. The molecule has 0 unspecified atom stereocenters. The first-order chi connectivity index (χ1) is 13.3. The van der Waals surface area contributed by atoms with Crippen LogP contribution in [0.3, 0.4) is 0 Å². The zero-order valence-electron chi connectivity index (χ0n) is 17.9. The molecule has 1 aromatic rings. The van der Waals surface area contributed by atoms with Crippen LogP contribution in [0.1, 0.15) is 84.6 Å². The molecule has 0 aliphatic carbocycles. The van der Waals surface area contributed by atoms with Crippen LogP contribution >= 0.6 is 23.2 Å². The highest BCUT2D eigenvalue weighted by Crippen LogP contribution is 2.44. The molecule has 0 aliphatic rings. The molecule has 0 heterocycles. The Hall–Kier alpha value is -0.650. The molecule has 29 heavy (non-hydrogen) atoms. The van der Waals surface area contributed by atoms with E-state index >= 15 is 0 Å². The quantitative estimate of drug-likeness (QED) is 0.267. The molecule has 2 N–H and O–H groups in total. The average molecular weight is 456 g/mol. The van der Waals surface area contributed by atoms with Gasteiger partial charge < -0.3 is 10.5 Å². The topological polar surface area (TPSA) is 35.2 Å². The molecule has 0 bridgehead atoms. The van der Waals surface area contributed by atoms with Crippen molar-refractivity contribution in [2.24, 2.45) is 5.41 Å². The maximum atomic E-state index is 13.7. The summed E-state index contributed by atoms with van der Waals surface area (Å²) in [6.45, 7) is 7.75. The van der Waals surface area contributed by atoms with Crippen molar-refractivity contribution in [3.63, 3.8) is 0 Å². The van der Waals surface area contributed by atoms with Crippen molar-refractivity contribution in [3.8, 4) is 0 Å². The summed E-state index contributed by atoms with van der Waals surface area (Å²) in [5.41, 5.74) is 3.44. The lowest BCUT2D eigenvalue weighted by Crippen LogP contribution is -2.42.